The highest BCUT2D eigenvalue weighted by Gasteiger charge is 2.31. The SMILES string of the molecule is CCCCCCCCCC1CC[C]([C@H]2CC[C@H](c3ccccc3)CC2)CC1. The van der Waals surface area contributed by atoms with Crippen molar-refractivity contribution in [1.82, 2.24) is 0 Å². The second-order valence-electron chi connectivity index (χ2n) is 9.47. The van der Waals surface area contributed by atoms with Gasteiger partial charge in [-0.25, -0.2) is 0 Å². The van der Waals surface area contributed by atoms with Crippen molar-refractivity contribution < 1.29 is 0 Å². The van der Waals surface area contributed by atoms with Crippen LogP contribution in [0.2, 0.25) is 0 Å². The van der Waals surface area contributed by atoms with Crippen molar-refractivity contribution in [3.05, 3.63) is 41.8 Å². The maximum Gasteiger partial charge on any atom is -0.0162 e. The van der Waals surface area contributed by atoms with Gasteiger partial charge in [0.05, 0.1) is 0 Å². The van der Waals surface area contributed by atoms with Crippen molar-refractivity contribution in [2.75, 3.05) is 0 Å². The molecule has 0 amide bonds. The van der Waals surface area contributed by atoms with Gasteiger partial charge < -0.3 is 0 Å². The lowest BCUT2D eigenvalue weighted by atomic mass is 9.68. The van der Waals surface area contributed by atoms with Crippen LogP contribution in [0.25, 0.3) is 0 Å². The summed E-state index contributed by atoms with van der Waals surface area (Å²) in [4.78, 5) is 0. The van der Waals surface area contributed by atoms with Gasteiger partial charge in [0.1, 0.15) is 0 Å². The number of hydrogen-bond acceptors (Lipinski definition) is 0. The topological polar surface area (TPSA) is 0 Å². The van der Waals surface area contributed by atoms with Crippen molar-refractivity contribution in [3.63, 3.8) is 0 Å². The van der Waals surface area contributed by atoms with Gasteiger partial charge in [0.2, 0.25) is 0 Å². The number of unbranched alkanes of at least 4 members (excludes halogenated alkanes) is 6. The first-order chi connectivity index (χ1) is 13.4. The highest BCUT2D eigenvalue weighted by atomic mass is 14.4. The van der Waals surface area contributed by atoms with E-state index in [4.69, 9.17) is 0 Å². The molecule has 1 aromatic rings. The van der Waals surface area contributed by atoms with E-state index in [1.54, 1.807) is 5.56 Å². The minimum Gasteiger partial charge on any atom is -0.0654 e. The summed E-state index contributed by atoms with van der Waals surface area (Å²) in [6, 6.07) is 11.3. The standard InChI is InChI=1S/C27H43/c1-2-3-4-5-6-7-9-12-23-15-17-25(18-16-23)27-21-19-26(20-22-27)24-13-10-8-11-14-24/h8,10-11,13-14,23,26-27H,2-7,9,12,15-22H2,1H3/t26-,27-. The lowest BCUT2D eigenvalue weighted by molar-refractivity contribution is 0.263. The molecule has 0 aliphatic heterocycles. The Morgan fingerprint density at radius 1 is 0.667 bits per heavy atom. The summed E-state index contributed by atoms with van der Waals surface area (Å²) in [5.74, 6) is 4.79. The summed E-state index contributed by atoms with van der Waals surface area (Å²) < 4.78 is 0. The van der Waals surface area contributed by atoms with Crippen LogP contribution in [0.15, 0.2) is 30.3 Å². The predicted octanol–water partition coefficient (Wildman–Crippen LogP) is 8.87. The van der Waals surface area contributed by atoms with Gasteiger partial charge in [-0.2, -0.15) is 0 Å². The summed E-state index contributed by atoms with van der Waals surface area (Å²) >= 11 is 0. The number of rotatable bonds is 10. The summed E-state index contributed by atoms with van der Waals surface area (Å²) in [7, 11) is 0. The van der Waals surface area contributed by atoms with Crippen LogP contribution < -0.4 is 0 Å². The molecule has 27 heavy (non-hydrogen) atoms. The third kappa shape index (κ3) is 6.95. The fraction of sp³-hybridized carbons (Fsp3) is 0.741. The van der Waals surface area contributed by atoms with E-state index in [9.17, 15) is 0 Å². The molecule has 0 heterocycles. The Morgan fingerprint density at radius 2 is 1.26 bits per heavy atom. The van der Waals surface area contributed by atoms with Crippen molar-refractivity contribution in [1.29, 1.82) is 0 Å². The summed E-state index contributed by atoms with van der Waals surface area (Å²) in [5.41, 5.74) is 1.58. The molecule has 0 nitrogen and oxygen atoms in total. The van der Waals surface area contributed by atoms with E-state index in [-0.39, 0.29) is 0 Å². The van der Waals surface area contributed by atoms with Crippen LogP contribution >= 0.6 is 0 Å². The third-order valence-corrected chi connectivity index (χ3v) is 7.54. The van der Waals surface area contributed by atoms with Gasteiger partial charge in [0.15, 0.2) is 0 Å². The van der Waals surface area contributed by atoms with E-state index < -0.39 is 0 Å². The second kappa shape index (κ2) is 11.9. The Kier molecular flexibility index (Phi) is 9.25. The average Bonchev–Trinajstić information content (AvgIpc) is 2.74. The first kappa shape index (κ1) is 20.9. The van der Waals surface area contributed by atoms with Crippen LogP contribution in [0, 0.1) is 17.8 Å². The molecule has 0 N–H and O–H groups in total. The van der Waals surface area contributed by atoms with Gasteiger partial charge in [-0.15, -0.1) is 0 Å². The highest BCUT2D eigenvalue weighted by Crippen LogP contribution is 2.45. The Morgan fingerprint density at radius 3 is 1.93 bits per heavy atom. The molecule has 3 rings (SSSR count). The van der Waals surface area contributed by atoms with Gasteiger partial charge in [-0.05, 0) is 80.6 Å². The molecule has 2 aliphatic carbocycles. The minimum atomic E-state index is 0.830. The second-order valence-corrected chi connectivity index (χ2v) is 9.47. The van der Waals surface area contributed by atoms with E-state index in [1.165, 1.54) is 103 Å². The van der Waals surface area contributed by atoms with E-state index in [0.29, 0.717) is 0 Å². The van der Waals surface area contributed by atoms with E-state index >= 15 is 0 Å². The van der Waals surface area contributed by atoms with Gasteiger partial charge in [0.25, 0.3) is 0 Å². The number of hydrogen-bond donors (Lipinski definition) is 0. The zero-order valence-electron chi connectivity index (χ0n) is 17.9. The van der Waals surface area contributed by atoms with Gasteiger partial charge in [-0.1, -0.05) is 88.6 Å². The lowest BCUT2D eigenvalue weighted by Gasteiger charge is -2.37. The van der Waals surface area contributed by atoms with Crippen molar-refractivity contribution in [3.8, 4) is 0 Å². The van der Waals surface area contributed by atoms with Crippen LogP contribution in [0.3, 0.4) is 0 Å². The lowest BCUT2D eigenvalue weighted by Crippen LogP contribution is -2.24. The highest BCUT2D eigenvalue weighted by molar-refractivity contribution is 5.20. The van der Waals surface area contributed by atoms with Gasteiger partial charge >= 0.3 is 0 Å². The Balaban J connectivity index is 1.27. The molecule has 0 heteroatoms. The molecule has 1 aromatic carbocycles. The molecule has 151 valence electrons. The summed E-state index contributed by atoms with van der Waals surface area (Å²) in [5, 5.41) is 0. The van der Waals surface area contributed by atoms with Crippen molar-refractivity contribution in [2.45, 2.75) is 116 Å². The summed E-state index contributed by atoms with van der Waals surface area (Å²) in [6.45, 7) is 2.31. The van der Waals surface area contributed by atoms with Crippen LogP contribution in [0.1, 0.15) is 121 Å². The average molecular weight is 368 g/mol. The Bertz CT molecular complexity index is 474. The minimum absolute atomic E-state index is 0.830. The third-order valence-electron chi connectivity index (χ3n) is 7.54. The zero-order chi connectivity index (χ0) is 18.7. The van der Waals surface area contributed by atoms with Crippen LogP contribution in [-0.4, -0.2) is 0 Å². The van der Waals surface area contributed by atoms with Crippen LogP contribution in [0.5, 0.6) is 0 Å². The quantitative estimate of drug-likeness (QED) is 0.362. The largest absolute Gasteiger partial charge is 0.0654 e. The zero-order valence-corrected chi connectivity index (χ0v) is 17.9. The molecule has 0 atom stereocenters. The molecule has 2 saturated carbocycles. The molecule has 0 bridgehead atoms. The van der Waals surface area contributed by atoms with Crippen LogP contribution in [0.4, 0.5) is 0 Å². The fourth-order valence-electron chi connectivity index (χ4n) is 5.70. The molecule has 0 aromatic heterocycles. The first-order valence-corrected chi connectivity index (χ1v) is 12.3. The van der Waals surface area contributed by atoms with Gasteiger partial charge in [0, 0.05) is 0 Å². The monoisotopic (exact) mass is 367 g/mol. The fourth-order valence-corrected chi connectivity index (χ4v) is 5.70. The molecule has 0 unspecified atom stereocenters. The maximum atomic E-state index is 2.34. The van der Waals surface area contributed by atoms with Crippen molar-refractivity contribution in [2.24, 2.45) is 11.8 Å². The smallest absolute Gasteiger partial charge is 0.0162 e. The normalized spacial score (nSPS) is 24.9. The molecule has 2 aliphatic rings. The molecule has 0 saturated heterocycles. The van der Waals surface area contributed by atoms with Crippen molar-refractivity contribution >= 4 is 0 Å². The summed E-state index contributed by atoms with van der Waals surface area (Å²) in [6.07, 6.45) is 23.4. The first-order valence-electron chi connectivity index (χ1n) is 12.3. The molecular weight excluding hydrogens is 324 g/mol. The molecule has 0 spiro atoms. The maximum absolute atomic E-state index is 2.34. The molecule has 1 radical (unpaired) electrons. The number of benzene rings is 1. The predicted molar refractivity (Wildman–Crippen MR) is 119 cm³/mol. The van der Waals surface area contributed by atoms with E-state index in [1.807, 2.05) is 5.92 Å². The van der Waals surface area contributed by atoms with Gasteiger partial charge in [-0.3, -0.25) is 0 Å². The molecule has 2 fully saturated rings. The van der Waals surface area contributed by atoms with Crippen LogP contribution in [-0.2, 0) is 0 Å². The van der Waals surface area contributed by atoms with E-state index in [2.05, 4.69) is 37.3 Å². The Labute approximate surface area is 169 Å². The Hall–Kier alpha value is -0.780. The molecular formula is C27H43. The van der Waals surface area contributed by atoms with E-state index in [0.717, 1.165) is 17.8 Å².